The van der Waals surface area contributed by atoms with E-state index in [1.807, 2.05) is 12.1 Å². The Balaban J connectivity index is 1.62. The molecule has 0 aliphatic heterocycles. The Bertz CT molecular complexity index is 933. The number of ether oxygens (including phenoxy) is 1. The van der Waals surface area contributed by atoms with Crippen LogP contribution < -0.4 is 10.6 Å². The van der Waals surface area contributed by atoms with Crippen LogP contribution in [-0.2, 0) is 11.2 Å². The fourth-order valence-electron chi connectivity index (χ4n) is 2.54. The van der Waals surface area contributed by atoms with E-state index in [9.17, 15) is 9.18 Å². The van der Waals surface area contributed by atoms with Crippen LogP contribution in [0.2, 0.25) is 0 Å². The summed E-state index contributed by atoms with van der Waals surface area (Å²) in [6.45, 7) is 0.537. The van der Waals surface area contributed by atoms with Crippen LogP contribution in [0.4, 0.5) is 21.7 Å². The monoisotopic (exact) mass is 366 g/mol. The predicted octanol–water partition coefficient (Wildman–Crippen LogP) is 3.80. The molecule has 0 aliphatic rings. The molecule has 0 spiro atoms. The van der Waals surface area contributed by atoms with Crippen molar-refractivity contribution in [3.63, 3.8) is 0 Å². The molecule has 0 amide bonds. The minimum Gasteiger partial charge on any atom is -0.465 e. The molecule has 7 heteroatoms. The third kappa shape index (κ3) is 5.01. The number of anilines is 3. The molecule has 1 aromatic heterocycles. The predicted molar refractivity (Wildman–Crippen MR) is 102 cm³/mol. The second-order valence-electron chi connectivity index (χ2n) is 5.75. The van der Waals surface area contributed by atoms with Gasteiger partial charge in [-0.3, -0.25) is 0 Å². The third-order valence-corrected chi connectivity index (χ3v) is 3.88. The summed E-state index contributed by atoms with van der Waals surface area (Å²) >= 11 is 0. The number of methoxy groups -OCH3 is 1. The number of hydrogen-bond donors (Lipinski definition) is 2. The normalized spacial score (nSPS) is 10.3. The number of benzene rings is 2. The molecular formula is C20H19FN4O2. The van der Waals surface area contributed by atoms with E-state index >= 15 is 0 Å². The lowest BCUT2D eigenvalue weighted by Gasteiger charge is -2.10. The lowest BCUT2D eigenvalue weighted by Crippen LogP contribution is -2.08. The fourth-order valence-corrected chi connectivity index (χ4v) is 2.54. The summed E-state index contributed by atoms with van der Waals surface area (Å²) in [7, 11) is 1.34. The maximum Gasteiger partial charge on any atom is 0.337 e. The van der Waals surface area contributed by atoms with Crippen molar-refractivity contribution in [1.82, 2.24) is 9.97 Å². The van der Waals surface area contributed by atoms with Gasteiger partial charge in [-0.2, -0.15) is 0 Å². The first-order valence-electron chi connectivity index (χ1n) is 8.40. The van der Waals surface area contributed by atoms with Gasteiger partial charge in [0, 0.05) is 18.3 Å². The minimum atomic E-state index is -0.406. The zero-order valence-corrected chi connectivity index (χ0v) is 14.8. The molecule has 0 fully saturated rings. The van der Waals surface area contributed by atoms with Crippen molar-refractivity contribution < 1.29 is 13.9 Å². The van der Waals surface area contributed by atoms with Gasteiger partial charge in [0.05, 0.1) is 12.7 Å². The highest BCUT2D eigenvalue weighted by atomic mass is 19.1. The van der Waals surface area contributed by atoms with Crippen LogP contribution in [0.15, 0.2) is 60.9 Å². The quantitative estimate of drug-likeness (QED) is 0.620. The molecule has 0 saturated carbocycles. The van der Waals surface area contributed by atoms with E-state index in [4.69, 9.17) is 4.74 Å². The number of carbonyl (C=O) groups is 1. The molecule has 1 heterocycles. The zero-order chi connectivity index (χ0) is 19.1. The number of rotatable bonds is 7. The molecule has 2 aromatic carbocycles. The summed E-state index contributed by atoms with van der Waals surface area (Å²) in [5, 5.41) is 6.28. The van der Waals surface area contributed by atoms with Gasteiger partial charge < -0.3 is 15.4 Å². The maximum absolute atomic E-state index is 13.6. The first-order valence-corrected chi connectivity index (χ1v) is 8.40. The Kier molecular flexibility index (Phi) is 5.94. The third-order valence-electron chi connectivity index (χ3n) is 3.88. The van der Waals surface area contributed by atoms with Crippen molar-refractivity contribution in [2.24, 2.45) is 0 Å². The van der Waals surface area contributed by atoms with Crippen LogP contribution in [0.5, 0.6) is 0 Å². The van der Waals surface area contributed by atoms with Gasteiger partial charge >= 0.3 is 5.97 Å². The number of esters is 1. The summed E-state index contributed by atoms with van der Waals surface area (Å²) in [6.07, 6.45) is 1.97. The topological polar surface area (TPSA) is 76.1 Å². The Morgan fingerprint density at radius 3 is 2.70 bits per heavy atom. The minimum absolute atomic E-state index is 0.213. The standard InChI is InChI=1S/C20H19FN4O2/c1-27-20(26)15-6-4-7-16(11-15)25-19-12-18(23-13-24-19)22-10-9-14-5-2-3-8-17(14)21/h2-8,11-13H,9-10H2,1H3,(H2,22,23,24,25). The number of nitrogens with one attached hydrogen (secondary N) is 2. The molecule has 0 radical (unpaired) electrons. The first kappa shape index (κ1) is 18.3. The zero-order valence-electron chi connectivity index (χ0n) is 14.8. The highest BCUT2D eigenvalue weighted by molar-refractivity contribution is 5.90. The SMILES string of the molecule is COC(=O)c1cccc(Nc2cc(NCCc3ccccc3F)ncn2)c1. The van der Waals surface area contributed by atoms with Crippen molar-refractivity contribution >= 4 is 23.3 Å². The van der Waals surface area contributed by atoms with Crippen molar-refractivity contribution in [3.8, 4) is 0 Å². The first-order chi connectivity index (χ1) is 13.2. The Hall–Kier alpha value is -3.48. The van der Waals surface area contributed by atoms with E-state index in [2.05, 4.69) is 20.6 Å². The summed E-state index contributed by atoms with van der Waals surface area (Å²) in [5.41, 5.74) is 1.80. The van der Waals surface area contributed by atoms with Gasteiger partial charge in [0.1, 0.15) is 23.8 Å². The van der Waals surface area contributed by atoms with Gasteiger partial charge in [-0.1, -0.05) is 24.3 Å². The highest BCUT2D eigenvalue weighted by Gasteiger charge is 2.07. The number of carbonyl (C=O) groups excluding carboxylic acids is 1. The smallest absolute Gasteiger partial charge is 0.337 e. The average molecular weight is 366 g/mol. The fraction of sp³-hybridized carbons (Fsp3) is 0.150. The number of aromatic nitrogens is 2. The summed E-state index contributed by atoms with van der Waals surface area (Å²) in [6, 6.07) is 15.4. The molecule has 6 nitrogen and oxygen atoms in total. The second kappa shape index (κ2) is 8.75. The lowest BCUT2D eigenvalue weighted by molar-refractivity contribution is 0.0601. The maximum atomic E-state index is 13.6. The van der Waals surface area contributed by atoms with E-state index in [-0.39, 0.29) is 5.82 Å². The molecule has 0 saturated heterocycles. The van der Waals surface area contributed by atoms with Crippen LogP contribution >= 0.6 is 0 Å². The molecular weight excluding hydrogens is 347 g/mol. The van der Waals surface area contributed by atoms with Gasteiger partial charge in [-0.05, 0) is 36.2 Å². The second-order valence-corrected chi connectivity index (χ2v) is 5.75. The highest BCUT2D eigenvalue weighted by Crippen LogP contribution is 2.18. The molecule has 0 atom stereocenters. The summed E-state index contributed by atoms with van der Waals surface area (Å²) < 4.78 is 18.4. The summed E-state index contributed by atoms with van der Waals surface area (Å²) in [4.78, 5) is 20.0. The Labute approximate surface area is 156 Å². The number of hydrogen-bond acceptors (Lipinski definition) is 6. The van der Waals surface area contributed by atoms with Gasteiger partial charge in [0.2, 0.25) is 0 Å². The van der Waals surface area contributed by atoms with E-state index in [0.29, 0.717) is 41.4 Å². The van der Waals surface area contributed by atoms with E-state index in [1.165, 1.54) is 19.5 Å². The molecule has 2 N–H and O–H groups in total. The van der Waals surface area contributed by atoms with Crippen LogP contribution in [0.25, 0.3) is 0 Å². The van der Waals surface area contributed by atoms with Crippen molar-refractivity contribution in [3.05, 3.63) is 77.9 Å². The van der Waals surface area contributed by atoms with Crippen molar-refractivity contribution in [2.75, 3.05) is 24.3 Å². The Morgan fingerprint density at radius 2 is 1.89 bits per heavy atom. The lowest BCUT2D eigenvalue weighted by atomic mass is 10.1. The molecule has 0 unspecified atom stereocenters. The van der Waals surface area contributed by atoms with E-state index in [0.717, 1.165) is 0 Å². The average Bonchev–Trinajstić information content (AvgIpc) is 2.69. The Morgan fingerprint density at radius 1 is 1.07 bits per heavy atom. The van der Waals surface area contributed by atoms with Gasteiger partial charge in [-0.15, -0.1) is 0 Å². The van der Waals surface area contributed by atoms with E-state index < -0.39 is 5.97 Å². The van der Waals surface area contributed by atoms with Gasteiger partial charge in [0.15, 0.2) is 0 Å². The van der Waals surface area contributed by atoms with Gasteiger partial charge in [-0.25, -0.2) is 19.2 Å². The van der Waals surface area contributed by atoms with Crippen LogP contribution in [0.1, 0.15) is 15.9 Å². The molecule has 0 aliphatic carbocycles. The van der Waals surface area contributed by atoms with Crippen molar-refractivity contribution in [1.29, 1.82) is 0 Å². The van der Waals surface area contributed by atoms with E-state index in [1.54, 1.807) is 36.4 Å². The largest absolute Gasteiger partial charge is 0.465 e. The molecule has 3 rings (SSSR count). The molecule has 3 aromatic rings. The molecule has 138 valence electrons. The molecule has 27 heavy (non-hydrogen) atoms. The number of halogens is 1. The van der Waals surface area contributed by atoms with Crippen LogP contribution in [0.3, 0.4) is 0 Å². The van der Waals surface area contributed by atoms with Gasteiger partial charge in [0.25, 0.3) is 0 Å². The summed E-state index contributed by atoms with van der Waals surface area (Å²) in [5.74, 6) is 0.569. The number of nitrogens with zero attached hydrogens (tertiary/aromatic N) is 2. The molecule has 0 bridgehead atoms. The van der Waals surface area contributed by atoms with Crippen LogP contribution in [-0.4, -0.2) is 29.6 Å². The van der Waals surface area contributed by atoms with Crippen LogP contribution in [0, 0.1) is 5.82 Å². The van der Waals surface area contributed by atoms with Crippen molar-refractivity contribution in [2.45, 2.75) is 6.42 Å².